The molecule has 6 heteroatoms. The Balaban J connectivity index is 1.69. The predicted molar refractivity (Wildman–Crippen MR) is 188 cm³/mol. The van der Waals surface area contributed by atoms with E-state index in [2.05, 4.69) is 79.7 Å². The highest BCUT2D eigenvalue weighted by Gasteiger charge is 2.20. The fourth-order valence-electron chi connectivity index (χ4n) is 5.73. The average Bonchev–Trinajstić information content (AvgIpc) is 3.06. The van der Waals surface area contributed by atoms with Gasteiger partial charge in [-0.2, -0.15) is 0 Å². The van der Waals surface area contributed by atoms with Crippen molar-refractivity contribution in [1.82, 2.24) is 0 Å². The Bertz CT molecular complexity index is 1080. The van der Waals surface area contributed by atoms with Crippen molar-refractivity contribution in [3.8, 4) is 11.5 Å². The highest BCUT2D eigenvalue weighted by molar-refractivity contribution is 5.70. The van der Waals surface area contributed by atoms with Crippen LogP contribution in [0, 0.1) is 0 Å². The van der Waals surface area contributed by atoms with Crippen LogP contribution in [0.4, 0.5) is 0 Å². The van der Waals surface area contributed by atoms with Crippen molar-refractivity contribution in [3.05, 3.63) is 57.6 Å². The van der Waals surface area contributed by atoms with Crippen LogP contribution in [0.25, 0.3) is 0 Å². The van der Waals surface area contributed by atoms with Gasteiger partial charge in [-0.15, -0.1) is 0 Å². The van der Waals surface area contributed by atoms with Crippen molar-refractivity contribution < 1.29 is 29.3 Å². The molecule has 2 aromatic rings. The lowest BCUT2D eigenvalue weighted by Crippen LogP contribution is -2.09. The number of aromatic hydroxyl groups is 2. The maximum absolute atomic E-state index is 12.4. The molecule has 0 saturated carbocycles. The Kier molecular flexibility index (Phi) is 17.3. The first kappa shape index (κ1) is 39.2. The van der Waals surface area contributed by atoms with Crippen LogP contribution in [0.3, 0.4) is 0 Å². The van der Waals surface area contributed by atoms with Crippen molar-refractivity contribution in [2.24, 2.45) is 0 Å². The van der Waals surface area contributed by atoms with Crippen LogP contribution in [-0.2, 0) is 31.9 Å². The largest absolute Gasteiger partial charge is 0.507 e. The lowest BCUT2D eigenvalue weighted by molar-refractivity contribution is -0.145. The standard InChI is InChI=1S/C40H62O6/c1-9-27(5)33-23-31(24-34(39(33)43)28(6)10-2)17-19-37(41)45-21-15-13-14-16-22-46-38(42)20-18-32-25-35(29(7)11-3)40(44)36(26-32)30(8)12-4/h23-30,43-44H,9-22H2,1-8H3. The molecular formula is C40H62O6. The van der Waals surface area contributed by atoms with Crippen LogP contribution in [0.15, 0.2) is 24.3 Å². The summed E-state index contributed by atoms with van der Waals surface area (Å²) >= 11 is 0. The molecule has 0 bridgehead atoms. The van der Waals surface area contributed by atoms with E-state index in [1.54, 1.807) is 0 Å². The molecule has 4 unspecified atom stereocenters. The molecule has 6 nitrogen and oxygen atoms in total. The number of rotatable bonds is 21. The number of phenolic OH excluding ortho intramolecular Hbond substituents is 2. The second kappa shape index (κ2) is 20.3. The molecule has 0 aliphatic heterocycles. The average molecular weight is 639 g/mol. The first-order chi connectivity index (χ1) is 22.0. The van der Waals surface area contributed by atoms with E-state index in [9.17, 15) is 19.8 Å². The minimum Gasteiger partial charge on any atom is -0.507 e. The molecule has 0 heterocycles. The van der Waals surface area contributed by atoms with Gasteiger partial charge in [-0.1, -0.05) is 79.7 Å². The number of hydrogen-bond acceptors (Lipinski definition) is 6. The zero-order valence-electron chi connectivity index (χ0n) is 30.0. The van der Waals surface area contributed by atoms with E-state index in [0.717, 1.165) is 84.7 Å². The minimum absolute atomic E-state index is 0.196. The minimum atomic E-state index is -0.196. The maximum atomic E-state index is 12.4. The lowest BCUT2D eigenvalue weighted by Gasteiger charge is -2.20. The molecule has 0 aliphatic carbocycles. The summed E-state index contributed by atoms with van der Waals surface area (Å²) in [6, 6.07) is 8.21. The van der Waals surface area contributed by atoms with E-state index >= 15 is 0 Å². The van der Waals surface area contributed by atoms with Crippen LogP contribution in [0.2, 0.25) is 0 Å². The Hall–Kier alpha value is -3.02. The molecule has 0 saturated heterocycles. The Morgan fingerprint density at radius 2 is 0.826 bits per heavy atom. The molecule has 4 atom stereocenters. The van der Waals surface area contributed by atoms with Crippen LogP contribution in [-0.4, -0.2) is 35.4 Å². The summed E-state index contributed by atoms with van der Waals surface area (Å²) in [4.78, 5) is 24.8. The van der Waals surface area contributed by atoms with Gasteiger partial charge in [0.25, 0.3) is 0 Å². The van der Waals surface area contributed by atoms with Gasteiger partial charge < -0.3 is 19.7 Å². The fraction of sp³-hybridized carbons (Fsp3) is 0.650. The van der Waals surface area contributed by atoms with Gasteiger partial charge in [0.15, 0.2) is 0 Å². The van der Waals surface area contributed by atoms with E-state index < -0.39 is 0 Å². The topological polar surface area (TPSA) is 93.1 Å². The van der Waals surface area contributed by atoms with E-state index in [-0.39, 0.29) is 35.6 Å². The van der Waals surface area contributed by atoms with Gasteiger partial charge >= 0.3 is 11.9 Å². The molecule has 2 aromatic carbocycles. The SMILES string of the molecule is CCC(C)c1cc(CCC(=O)OCCCCCCOC(=O)CCc2cc(C(C)CC)c(O)c(C(C)CC)c2)cc(C(C)CC)c1O. The van der Waals surface area contributed by atoms with Gasteiger partial charge in [-0.3, -0.25) is 9.59 Å². The maximum Gasteiger partial charge on any atom is 0.306 e. The summed E-state index contributed by atoms with van der Waals surface area (Å²) in [5, 5.41) is 21.7. The van der Waals surface area contributed by atoms with Gasteiger partial charge in [0.05, 0.1) is 13.2 Å². The number of hydrogen-bond donors (Lipinski definition) is 2. The van der Waals surface area contributed by atoms with Crippen molar-refractivity contribution in [1.29, 1.82) is 0 Å². The molecule has 0 fully saturated rings. The molecule has 0 aliphatic rings. The number of carbonyl (C=O) groups is 2. The molecule has 46 heavy (non-hydrogen) atoms. The zero-order valence-corrected chi connectivity index (χ0v) is 30.0. The second-order valence-electron chi connectivity index (χ2n) is 13.3. The first-order valence-corrected chi connectivity index (χ1v) is 18.0. The number of ether oxygens (including phenoxy) is 2. The van der Waals surface area contributed by atoms with E-state index in [0.29, 0.717) is 50.4 Å². The highest BCUT2D eigenvalue weighted by atomic mass is 16.5. The Labute approximate surface area is 279 Å². The van der Waals surface area contributed by atoms with Crippen LogP contribution in [0.5, 0.6) is 11.5 Å². The van der Waals surface area contributed by atoms with Crippen molar-refractivity contribution >= 4 is 11.9 Å². The second-order valence-corrected chi connectivity index (χ2v) is 13.3. The number of esters is 2. The Morgan fingerprint density at radius 1 is 0.543 bits per heavy atom. The number of unbranched alkanes of at least 4 members (excludes halogenated alkanes) is 3. The predicted octanol–water partition coefficient (Wildman–Crippen LogP) is 10.4. The number of phenols is 2. The lowest BCUT2D eigenvalue weighted by atomic mass is 9.87. The number of carbonyl (C=O) groups excluding carboxylic acids is 2. The van der Waals surface area contributed by atoms with Gasteiger partial charge in [-0.05, 0) is 121 Å². The summed E-state index contributed by atoms with van der Waals surface area (Å²) in [7, 11) is 0. The normalized spacial score (nSPS) is 14.0. The van der Waals surface area contributed by atoms with Gasteiger partial charge in [0, 0.05) is 12.8 Å². The molecule has 2 rings (SSSR count). The summed E-state index contributed by atoms with van der Waals surface area (Å²) in [6.45, 7) is 17.8. The highest BCUT2D eigenvalue weighted by Crippen LogP contribution is 2.38. The molecule has 2 N–H and O–H groups in total. The zero-order chi connectivity index (χ0) is 34.2. The van der Waals surface area contributed by atoms with E-state index in [1.165, 1.54) is 0 Å². The molecule has 0 aromatic heterocycles. The third-order valence-electron chi connectivity index (χ3n) is 9.83. The smallest absolute Gasteiger partial charge is 0.306 e. The van der Waals surface area contributed by atoms with Crippen LogP contribution < -0.4 is 0 Å². The Morgan fingerprint density at radius 3 is 1.09 bits per heavy atom. The van der Waals surface area contributed by atoms with Crippen molar-refractivity contribution in [2.45, 2.75) is 156 Å². The fourth-order valence-corrected chi connectivity index (χ4v) is 5.73. The van der Waals surface area contributed by atoms with Gasteiger partial charge in [0.1, 0.15) is 11.5 Å². The first-order valence-electron chi connectivity index (χ1n) is 18.0. The summed E-state index contributed by atoms with van der Waals surface area (Å²) in [5.74, 6) is 1.46. The van der Waals surface area contributed by atoms with Crippen molar-refractivity contribution in [3.63, 3.8) is 0 Å². The summed E-state index contributed by atoms with van der Waals surface area (Å²) in [5.41, 5.74) is 6.03. The molecule has 258 valence electrons. The monoisotopic (exact) mass is 638 g/mol. The summed E-state index contributed by atoms with van der Waals surface area (Å²) in [6.07, 6.45) is 9.01. The molecule has 0 spiro atoms. The molecule has 0 radical (unpaired) electrons. The quantitative estimate of drug-likeness (QED) is 0.104. The van der Waals surface area contributed by atoms with Crippen molar-refractivity contribution in [2.75, 3.05) is 13.2 Å². The van der Waals surface area contributed by atoms with Gasteiger partial charge in [0.2, 0.25) is 0 Å². The van der Waals surface area contributed by atoms with E-state index in [4.69, 9.17) is 9.47 Å². The van der Waals surface area contributed by atoms with Gasteiger partial charge in [-0.25, -0.2) is 0 Å². The van der Waals surface area contributed by atoms with E-state index in [1.807, 2.05) is 0 Å². The number of benzene rings is 2. The molecule has 0 amide bonds. The third-order valence-corrected chi connectivity index (χ3v) is 9.83. The van der Waals surface area contributed by atoms with Crippen LogP contribution in [0.1, 0.15) is 177 Å². The summed E-state index contributed by atoms with van der Waals surface area (Å²) < 4.78 is 11.0. The molecular weight excluding hydrogens is 576 g/mol. The third kappa shape index (κ3) is 12.0. The number of aryl methyl sites for hydroxylation is 2. The van der Waals surface area contributed by atoms with Crippen LogP contribution >= 0.6 is 0 Å².